The fourth-order valence-corrected chi connectivity index (χ4v) is 4.46. The van der Waals surface area contributed by atoms with Gasteiger partial charge in [0, 0.05) is 45.3 Å². The number of rotatable bonds is 6. The molecule has 1 aromatic carbocycles. The molecule has 0 radical (unpaired) electrons. The molecule has 2 aromatic heterocycles. The van der Waals surface area contributed by atoms with E-state index in [2.05, 4.69) is 26.9 Å². The molecule has 32 heavy (non-hydrogen) atoms. The third kappa shape index (κ3) is 4.80. The second-order valence-corrected chi connectivity index (χ2v) is 8.92. The van der Waals surface area contributed by atoms with Crippen molar-refractivity contribution in [2.24, 2.45) is 14.1 Å². The van der Waals surface area contributed by atoms with Gasteiger partial charge in [0.25, 0.3) is 5.56 Å². The highest BCUT2D eigenvalue weighted by molar-refractivity contribution is 6.30. The van der Waals surface area contributed by atoms with Crippen molar-refractivity contribution in [1.29, 1.82) is 0 Å². The Balaban J connectivity index is 1.37. The lowest BCUT2D eigenvalue weighted by atomic mass is 10.2. The standard InChI is InChI=1S/C22H29ClN6O3/c1-25-20-19(21(31)26(2)22(25)32)29(15-24-20)14-18(30)13-28-9-3-8-27(10-11-28)12-16-4-6-17(23)7-5-16/h4-7,15,18,30H,3,8-14H2,1-2H3. The molecule has 1 atom stereocenters. The highest BCUT2D eigenvalue weighted by Crippen LogP contribution is 2.14. The lowest BCUT2D eigenvalue weighted by Gasteiger charge is -2.24. The molecule has 3 heterocycles. The maximum absolute atomic E-state index is 12.6. The Morgan fingerprint density at radius 2 is 1.69 bits per heavy atom. The monoisotopic (exact) mass is 460 g/mol. The number of benzene rings is 1. The Kier molecular flexibility index (Phi) is 6.80. The number of hydrogen-bond donors (Lipinski definition) is 1. The lowest BCUT2D eigenvalue weighted by Crippen LogP contribution is -2.39. The van der Waals surface area contributed by atoms with E-state index in [1.807, 2.05) is 12.1 Å². The van der Waals surface area contributed by atoms with E-state index >= 15 is 0 Å². The summed E-state index contributed by atoms with van der Waals surface area (Å²) in [7, 11) is 3.04. The molecule has 0 bridgehead atoms. The van der Waals surface area contributed by atoms with Gasteiger partial charge in [-0.2, -0.15) is 0 Å². The molecule has 1 unspecified atom stereocenters. The van der Waals surface area contributed by atoms with Crippen molar-refractivity contribution in [2.75, 3.05) is 32.7 Å². The number of nitrogens with zero attached hydrogens (tertiary/aromatic N) is 6. The fourth-order valence-electron chi connectivity index (χ4n) is 4.33. The first-order valence-electron chi connectivity index (χ1n) is 10.8. The molecule has 4 rings (SSSR count). The lowest BCUT2D eigenvalue weighted by molar-refractivity contribution is 0.100. The highest BCUT2D eigenvalue weighted by Gasteiger charge is 2.20. The minimum Gasteiger partial charge on any atom is -0.390 e. The van der Waals surface area contributed by atoms with Gasteiger partial charge in [-0.15, -0.1) is 0 Å². The molecular formula is C22H29ClN6O3. The molecule has 1 N–H and O–H groups in total. The van der Waals surface area contributed by atoms with Crippen molar-refractivity contribution in [2.45, 2.75) is 25.6 Å². The number of aliphatic hydroxyl groups is 1. The first-order valence-corrected chi connectivity index (χ1v) is 11.2. The summed E-state index contributed by atoms with van der Waals surface area (Å²) in [6, 6.07) is 7.96. The SMILES string of the molecule is Cn1c(=O)c2c(ncn2CC(O)CN2CCCN(Cc3ccc(Cl)cc3)CC2)n(C)c1=O. The van der Waals surface area contributed by atoms with Crippen molar-refractivity contribution < 1.29 is 5.11 Å². The molecule has 0 amide bonds. The Morgan fingerprint density at radius 1 is 1.00 bits per heavy atom. The number of fused-ring (bicyclic) bond motifs is 1. The summed E-state index contributed by atoms with van der Waals surface area (Å²) in [6.45, 7) is 5.35. The minimum atomic E-state index is -0.655. The zero-order valence-corrected chi connectivity index (χ0v) is 19.2. The molecule has 0 saturated carbocycles. The van der Waals surface area contributed by atoms with E-state index in [0.717, 1.165) is 48.7 Å². The molecule has 10 heteroatoms. The zero-order chi connectivity index (χ0) is 22.8. The van der Waals surface area contributed by atoms with E-state index in [0.29, 0.717) is 17.7 Å². The number of imidazole rings is 1. The topological polar surface area (TPSA) is 88.5 Å². The van der Waals surface area contributed by atoms with Crippen molar-refractivity contribution in [1.82, 2.24) is 28.5 Å². The van der Waals surface area contributed by atoms with E-state index in [4.69, 9.17) is 11.6 Å². The Labute approximate surface area is 191 Å². The van der Waals surface area contributed by atoms with E-state index in [1.165, 1.54) is 23.5 Å². The highest BCUT2D eigenvalue weighted by atomic mass is 35.5. The molecule has 1 saturated heterocycles. The number of halogens is 1. The maximum atomic E-state index is 12.6. The van der Waals surface area contributed by atoms with E-state index in [9.17, 15) is 14.7 Å². The normalized spacial score (nSPS) is 17.0. The summed E-state index contributed by atoms with van der Waals surface area (Å²) in [4.78, 5) is 33.6. The summed E-state index contributed by atoms with van der Waals surface area (Å²) in [5.41, 5.74) is 1.09. The Hall–Kier alpha value is -2.46. The smallest absolute Gasteiger partial charge is 0.332 e. The molecule has 1 aliphatic heterocycles. The van der Waals surface area contributed by atoms with Crippen LogP contribution >= 0.6 is 11.6 Å². The number of hydrogen-bond acceptors (Lipinski definition) is 6. The largest absolute Gasteiger partial charge is 0.390 e. The third-order valence-corrected chi connectivity index (χ3v) is 6.35. The van der Waals surface area contributed by atoms with Gasteiger partial charge in [-0.1, -0.05) is 23.7 Å². The van der Waals surface area contributed by atoms with Gasteiger partial charge >= 0.3 is 5.69 Å². The average molecular weight is 461 g/mol. The maximum Gasteiger partial charge on any atom is 0.332 e. The molecular weight excluding hydrogens is 432 g/mol. The van der Waals surface area contributed by atoms with Crippen molar-refractivity contribution in [3.8, 4) is 0 Å². The summed E-state index contributed by atoms with van der Waals surface area (Å²) in [5, 5.41) is 11.5. The molecule has 1 aliphatic rings. The summed E-state index contributed by atoms with van der Waals surface area (Å²) < 4.78 is 4.06. The van der Waals surface area contributed by atoms with Crippen LogP contribution in [0, 0.1) is 0 Å². The van der Waals surface area contributed by atoms with Gasteiger partial charge in [-0.05, 0) is 37.2 Å². The van der Waals surface area contributed by atoms with Crippen LogP contribution in [0.1, 0.15) is 12.0 Å². The molecule has 0 spiro atoms. The first kappa shape index (κ1) is 22.7. The number of aliphatic hydroxyl groups excluding tert-OH is 1. The van der Waals surface area contributed by atoms with Crippen LogP contribution in [-0.2, 0) is 27.2 Å². The molecule has 9 nitrogen and oxygen atoms in total. The molecule has 172 valence electrons. The van der Waals surface area contributed by atoms with E-state index in [-0.39, 0.29) is 6.54 Å². The van der Waals surface area contributed by atoms with Crippen molar-refractivity contribution in [3.63, 3.8) is 0 Å². The number of β-amino-alcohol motifs (C(OH)–C–C–N with tert-alkyl or cyclic N) is 1. The van der Waals surface area contributed by atoms with Crippen molar-refractivity contribution in [3.05, 3.63) is 62.0 Å². The predicted octanol–water partition coefficient (Wildman–Crippen LogP) is 0.656. The second kappa shape index (κ2) is 9.58. The Bertz CT molecular complexity index is 1200. The van der Waals surface area contributed by atoms with Crippen LogP contribution in [0.4, 0.5) is 0 Å². The summed E-state index contributed by atoms with van der Waals surface area (Å²) in [6.07, 6.45) is 1.89. The van der Waals surface area contributed by atoms with Crippen LogP contribution < -0.4 is 11.2 Å². The van der Waals surface area contributed by atoms with E-state index < -0.39 is 17.4 Å². The van der Waals surface area contributed by atoms with Crippen LogP contribution in [0.15, 0.2) is 40.2 Å². The van der Waals surface area contributed by atoms with Gasteiger partial charge in [0.15, 0.2) is 11.2 Å². The first-order chi connectivity index (χ1) is 15.3. The van der Waals surface area contributed by atoms with Crippen molar-refractivity contribution >= 4 is 22.8 Å². The third-order valence-electron chi connectivity index (χ3n) is 6.09. The van der Waals surface area contributed by atoms with Crippen LogP contribution in [-0.4, -0.2) is 72.4 Å². The molecule has 1 fully saturated rings. The zero-order valence-electron chi connectivity index (χ0n) is 18.4. The fraction of sp³-hybridized carbons (Fsp3) is 0.500. The van der Waals surface area contributed by atoms with Crippen LogP contribution in [0.5, 0.6) is 0 Å². The van der Waals surface area contributed by atoms with Crippen LogP contribution in [0.25, 0.3) is 11.2 Å². The quantitative estimate of drug-likeness (QED) is 0.581. The summed E-state index contributed by atoms with van der Waals surface area (Å²) in [5.74, 6) is 0. The van der Waals surface area contributed by atoms with Gasteiger partial charge in [0.05, 0.1) is 19.0 Å². The van der Waals surface area contributed by atoms with Gasteiger partial charge in [0.2, 0.25) is 0 Å². The summed E-state index contributed by atoms with van der Waals surface area (Å²) >= 11 is 5.98. The average Bonchev–Trinajstić information content (AvgIpc) is 3.06. The Morgan fingerprint density at radius 3 is 2.44 bits per heavy atom. The number of aromatic nitrogens is 4. The van der Waals surface area contributed by atoms with E-state index in [1.54, 1.807) is 11.6 Å². The van der Waals surface area contributed by atoms with Gasteiger partial charge in [-0.3, -0.25) is 23.7 Å². The second-order valence-electron chi connectivity index (χ2n) is 8.49. The number of aryl methyl sites for hydroxylation is 1. The van der Waals surface area contributed by atoms with Gasteiger partial charge in [-0.25, -0.2) is 9.78 Å². The molecule has 0 aliphatic carbocycles. The van der Waals surface area contributed by atoms with Gasteiger partial charge in [0.1, 0.15) is 0 Å². The van der Waals surface area contributed by atoms with Crippen LogP contribution in [0.2, 0.25) is 5.02 Å². The molecule has 3 aromatic rings. The van der Waals surface area contributed by atoms with Gasteiger partial charge < -0.3 is 9.67 Å². The predicted molar refractivity (Wildman–Crippen MR) is 124 cm³/mol. The van der Waals surface area contributed by atoms with Crippen LogP contribution in [0.3, 0.4) is 0 Å². The minimum absolute atomic E-state index is 0.245.